The SMILES string of the molecule is O=C1NCCN(Cc2ccc3cn[nH]c3c2)C1c1ccccc1Cl. The highest BCUT2D eigenvalue weighted by Gasteiger charge is 2.32. The second kappa shape index (κ2) is 6.26. The Morgan fingerprint density at radius 3 is 3.00 bits per heavy atom. The molecule has 2 heterocycles. The predicted octanol–water partition coefficient (Wildman–Crippen LogP) is 2.89. The monoisotopic (exact) mass is 340 g/mol. The maximum atomic E-state index is 12.5. The largest absolute Gasteiger partial charge is 0.353 e. The number of carbonyl (C=O) groups excluding carboxylic acids is 1. The summed E-state index contributed by atoms with van der Waals surface area (Å²) in [5, 5.41) is 11.7. The molecule has 1 unspecified atom stereocenters. The van der Waals surface area contributed by atoms with Gasteiger partial charge in [-0.3, -0.25) is 14.8 Å². The predicted molar refractivity (Wildman–Crippen MR) is 93.7 cm³/mol. The van der Waals surface area contributed by atoms with E-state index >= 15 is 0 Å². The Hall–Kier alpha value is -2.37. The number of aromatic amines is 1. The van der Waals surface area contributed by atoms with E-state index in [9.17, 15) is 4.79 Å². The average molecular weight is 341 g/mol. The number of amides is 1. The van der Waals surface area contributed by atoms with Gasteiger partial charge in [0.25, 0.3) is 0 Å². The summed E-state index contributed by atoms with van der Waals surface area (Å²) in [7, 11) is 0. The van der Waals surface area contributed by atoms with Crippen LogP contribution in [0.5, 0.6) is 0 Å². The van der Waals surface area contributed by atoms with Gasteiger partial charge in [-0.15, -0.1) is 0 Å². The lowest BCUT2D eigenvalue weighted by molar-refractivity contribution is -0.129. The summed E-state index contributed by atoms with van der Waals surface area (Å²) in [5.41, 5.74) is 2.99. The van der Waals surface area contributed by atoms with Crippen LogP contribution in [0.1, 0.15) is 17.2 Å². The lowest BCUT2D eigenvalue weighted by Gasteiger charge is -2.35. The molecule has 0 aliphatic carbocycles. The molecular weight excluding hydrogens is 324 g/mol. The number of piperazine rings is 1. The van der Waals surface area contributed by atoms with Crippen molar-refractivity contribution in [1.29, 1.82) is 0 Å². The van der Waals surface area contributed by atoms with Gasteiger partial charge in [0.2, 0.25) is 5.91 Å². The van der Waals surface area contributed by atoms with Crippen LogP contribution in [0.15, 0.2) is 48.7 Å². The van der Waals surface area contributed by atoms with E-state index in [0.717, 1.165) is 28.6 Å². The van der Waals surface area contributed by atoms with Crippen LogP contribution in [0.2, 0.25) is 5.02 Å². The third-order valence-electron chi connectivity index (χ3n) is 4.40. The molecule has 1 amide bonds. The summed E-state index contributed by atoms with van der Waals surface area (Å²) in [5.74, 6) is -0.00281. The van der Waals surface area contributed by atoms with E-state index in [1.165, 1.54) is 0 Å². The lowest BCUT2D eigenvalue weighted by atomic mass is 10.0. The van der Waals surface area contributed by atoms with Crippen LogP contribution in [0.25, 0.3) is 10.9 Å². The highest BCUT2D eigenvalue weighted by atomic mass is 35.5. The minimum Gasteiger partial charge on any atom is -0.353 e. The zero-order valence-corrected chi connectivity index (χ0v) is 13.8. The van der Waals surface area contributed by atoms with E-state index in [1.54, 1.807) is 6.20 Å². The number of hydrogen-bond donors (Lipinski definition) is 2. The van der Waals surface area contributed by atoms with Gasteiger partial charge in [0, 0.05) is 30.0 Å². The van der Waals surface area contributed by atoms with Gasteiger partial charge >= 0.3 is 0 Å². The molecule has 2 aromatic carbocycles. The van der Waals surface area contributed by atoms with Crippen LogP contribution in [-0.4, -0.2) is 34.1 Å². The van der Waals surface area contributed by atoms with E-state index in [1.807, 2.05) is 30.3 Å². The molecule has 4 rings (SSSR count). The van der Waals surface area contributed by atoms with Crippen LogP contribution in [-0.2, 0) is 11.3 Å². The number of nitrogens with zero attached hydrogens (tertiary/aromatic N) is 2. The zero-order valence-electron chi connectivity index (χ0n) is 13.0. The number of hydrogen-bond acceptors (Lipinski definition) is 3. The van der Waals surface area contributed by atoms with Crippen molar-refractivity contribution in [2.45, 2.75) is 12.6 Å². The summed E-state index contributed by atoms with van der Waals surface area (Å²) < 4.78 is 0. The van der Waals surface area contributed by atoms with Crippen LogP contribution < -0.4 is 5.32 Å². The molecule has 1 saturated heterocycles. The molecule has 1 aliphatic heterocycles. The van der Waals surface area contributed by atoms with Gasteiger partial charge in [0.05, 0.1) is 11.7 Å². The summed E-state index contributed by atoms with van der Waals surface area (Å²) in [6, 6.07) is 13.4. The normalized spacial score (nSPS) is 18.7. The standard InChI is InChI=1S/C18H17ClN4O/c19-15-4-2-1-3-14(15)17-18(24)20-7-8-23(17)11-12-5-6-13-10-21-22-16(13)9-12/h1-6,9-10,17H,7-8,11H2,(H,20,24)(H,21,22). The molecule has 1 aromatic heterocycles. The zero-order chi connectivity index (χ0) is 16.5. The first-order valence-electron chi connectivity index (χ1n) is 7.90. The molecule has 122 valence electrons. The third-order valence-corrected chi connectivity index (χ3v) is 4.75. The number of rotatable bonds is 3. The Kier molecular flexibility index (Phi) is 3.96. The molecule has 5 nitrogen and oxygen atoms in total. The second-order valence-corrected chi connectivity index (χ2v) is 6.38. The molecule has 6 heteroatoms. The Labute approximate surface area is 144 Å². The minimum absolute atomic E-state index is 0.00281. The fourth-order valence-corrected chi connectivity index (χ4v) is 3.48. The molecule has 1 fully saturated rings. The van der Waals surface area contributed by atoms with Gasteiger partial charge in [-0.05, 0) is 23.3 Å². The van der Waals surface area contributed by atoms with Gasteiger partial charge in [0.1, 0.15) is 6.04 Å². The number of benzene rings is 2. The first kappa shape index (κ1) is 15.2. The number of nitrogens with one attached hydrogen (secondary N) is 2. The van der Waals surface area contributed by atoms with Crippen LogP contribution in [0.4, 0.5) is 0 Å². The van der Waals surface area contributed by atoms with Crippen molar-refractivity contribution in [3.63, 3.8) is 0 Å². The third kappa shape index (κ3) is 2.77. The van der Waals surface area contributed by atoms with Crippen molar-refractivity contribution >= 4 is 28.4 Å². The van der Waals surface area contributed by atoms with E-state index in [4.69, 9.17) is 11.6 Å². The lowest BCUT2D eigenvalue weighted by Crippen LogP contribution is -2.49. The number of carbonyl (C=O) groups is 1. The smallest absolute Gasteiger partial charge is 0.242 e. The molecule has 0 bridgehead atoms. The quantitative estimate of drug-likeness (QED) is 0.770. The molecule has 0 radical (unpaired) electrons. The maximum Gasteiger partial charge on any atom is 0.242 e. The Morgan fingerprint density at radius 2 is 2.12 bits per heavy atom. The topological polar surface area (TPSA) is 61.0 Å². The van der Waals surface area contributed by atoms with Crippen molar-refractivity contribution in [2.24, 2.45) is 0 Å². The first-order chi connectivity index (χ1) is 11.7. The van der Waals surface area contributed by atoms with Gasteiger partial charge in [-0.1, -0.05) is 41.9 Å². The van der Waals surface area contributed by atoms with Gasteiger partial charge in [0.15, 0.2) is 0 Å². The van der Waals surface area contributed by atoms with E-state index in [-0.39, 0.29) is 11.9 Å². The highest BCUT2D eigenvalue weighted by molar-refractivity contribution is 6.31. The molecule has 3 aromatic rings. The van der Waals surface area contributed by atoms with Crippen LogP contribution in [0, 0.1) is 0 Å². The van der Waals surface area contributed by atoms with Crippen molar-refractivity contribution in [2.75, 3.05) is 13.1 Å². The van der Waals surface area contributed by atoms with Crippen molar-refractivity contribution in [1.82, 2.24) is 20.4 Å². The van der Waals surface area contributed by atoms with Crippen LogP contribution in [0.3, 0.4) is 0 Å². The number of fused-ring (bicyclic) bond motifs is 1. The fourth-order valence-electron chi connectivity index (χ4n) is 3.24. The first-order valence-corrected chi connectivity index (χ1v) is 8.28. The van der Waals surface area contributed by atoms with Crippen LogP contribution >= 0.6 is 11.6 Å². The van der Waals surface area contributed by atoms with E-state index in [0.29, 0.717) is 18.1 Å². The molecule has 0 saturated carbocycles. The molecule has 2 N–H and O–H groups in total. The molecule has 1 atom stereocenters. The van der Waals surface area contributed by atoms with Crippen molar-refractivity contribution in [3.8, 4) is 0 Å². The van der Waals surface area contributed by atoms with E-state index in [2.05, 4.69) is 32.5 Å². The van der Waals surface area contributed by atoms with Gasteiger partial charge < -0.3 is 5.32 Å². The van der Waals surface area contributed by atoms with Gasteiger partial charge in [-0.2, -0.15) is 5.10 Å². The molecule has 24 heavy (non-hydrogen) atoms. The summed E-state index contributed by atoms with van der Waals surface area (Å²) >= 11 is 6.33. The van der Waals surface area contributed by atoms with E-state index < -0.39 is 0 Å². The highest BCUT2D eigenvalue weighted by Crippen LogP contribution is 2.30. The van der Waals surface area contributed by atoms with Crippen molar-refractivity contribution in [3.05, 3.63) is 64.8 Å². The number of halogens is 1. The van der Waals surface area contributed by atoms with Crippen molar-refractivity contribution < 1.29 is 4.79 Å². The maximum absolute atomic E-state index is 12.5. The molecular formula is C18H17ClN4O. The summed E-state index contributed by atoms with van der Waals surface area (Å²) in [6.45, 7) is 2.10. The Bertz CT molecular complexity index is 891. The minimum atomic E-state index is -0.370. The summed E-state index contributed by atoms with van der Waals surface area (Å²) in [6.07, 6.45) is 1.81. The number of H-pyrrole nitrogens is 1. The Morgan fingerprint density at radius 1 is 1.25 bits per heavy atom. The molecule has 1 aliphatic rings. The van der Waals surface area contributed by atoms with Gasteiger partial charge in [-0.25, -0.2) is 0 Å². The average Bonchev–Trinajstić information content (AvgIpc) is 3.04. The second-order valence-electron chi connectivity index (χ2n) is 5.98. The molecule has 0 spiro atoms. The summed E-state index contributed by atoms with van der Waals surface area (Å²) in [4.78, 5) is 14.7. The fraction of sp³-hybridized carbons (Fsp3) is 0.222. The Balaban J connectivity index is 1.66. The number of aromatic nitrogens is 2.